The van der Waals surface area contributed by atoms with Crippen LogP contribution in [0.4, 0.5) is 0 Å². The first-order valence-corrected chi connectivity index (χ1v) is 6.78. The molecule has 0 radical (unpaired) electrons. The molecule has 4 nitrogen and oxygen atoms in total. The van der Waals surface area contributed by atoms with E-state index in [1.54, 1.807) is 11.8 Å². The zero-order valence-electron chi connectivity index (χ0n) is 10.6. The van der Waals surface area contributed by atoms with Gasteiger partial charge in [-0.3, -0.25) is 10.1 Å². The van der Waals surface area contributed by atoms with Crippen LogP contribution in [0, 0.1) is 10.1 Å². The molecule has 0 fully saturated rings. The molecular formula is C12H16N2O2S2. The summed E-state index contributed by atoms with van der Waals surface area (Å²) in [7, 11) is 3.68. The molecule has 1 rings (SSSR count). The number of rotatable bonds is 4. The Labute approximate surface area is 117 Å². The molecule has 0 aliphatic heterocycles. The fourth-order valence-electron chi connectivity index (χ4n) is 1.41. The molecule has 2 unspecified atom stereocenters. The number of nitro groups is 1. The van der Waals surface area contributed by atoms with Crippen LogP contribution in [-0.2, 0) is 0 Å². The Bertz CT molecular complexity index is 423. The Kier molecular flexibility index (Phi) is 5.55. The standard InChI is InChI=1S/C12H16N2O2S2/c1-9(14(15)16)11(18-12(17)13(2)3)10-7-5-4-6-8-10/h4-9,11H,1-3H3. The van der Waals surface area contributed by atoms with Crippen LogP contribution in [0.25, 0.3) is 0 Å². The zero-order valence-corrected chi connectivity index (χ0v) is 12.2. The third-order valence-electron chi connectivity index (χ3n) is 2.49. The molecule has 0 aromatic heterocycles. The van der Waals surface area contributed by atoms with E-state index >= 15 is 0 Å². The molecule has 0 aliphatic carbocycles. The zero-order chi connectivity index (χ0) is 13.7. The van der Waals surface area contributed by atoms with Gasteiger partial charge in [-0.2, -0.15) is 0 Å². The summed E-state index contributed by atoms with van der Waals surface area (Å²) in [4.78, 5) is 12.5. The molecule has 1 aromatic carbocycles. The first-order chi connectivity index (χ1) is 8.43. The number of thioether (sulfide) groups is 1. The van der Waals surface area contributed by atoms with E-state index in [-0.39, 0.29) is 10.2 Å². The van der Waals surface area contributed by atoms with Gasteiger partial charge in [0.2, 0.25) is 6.04 Å². The fraction of sp³-hybridized carbons (Fsp3) is 0.417. The molecule has 6 heteroatoms. The second-order valence-electron chi connectivity index (χ2n) is 4.14. The quantitative estimate of drug-likeness (QED) is 0.483. The highest BCUT2D eigenvalue weighted by atomic mass is 32.2. The topological polar surface area (TPSA) is 46.4 Å². The smallest absolute Gasteiger partial charge is 0.226 e. The predicted molar refractivity (Wildman–Crippen MR) is 79.5 cm³/mol. The van der Waals surface area contributed by atoms with Gasteiger partial charge in [0.1, 0.15) is 9.57 Å². The Balaban J connectivity index is 2.96. The maximum atomic E-state index is 11.0. The van der Waals surface area contributed by atoms with Gasteiger partial charge in [-0.1, -0.05) is 54.3 Å². The van der Waals surface area contributed by atoms with Gasteiger partial charge < -0.3 is 4.90 Å². The van der Waals surface area contributed by atoms with Crippen molar-refractivity contribution in [3.63, 3.8) is 0 Å². The third kappa shape index (κ3) is 3.96. The first kappa shape index (κ1) is 14.9. The maximum Gasteiger partial charge on any atom is 0.226 e. The van der Waals surface area contributed by atoms with Gasteiger partial charge in [0.05, 0.1) is 0 Å². The van der Waals surface area contributed by atoms with Crippen molar-refractivity contribution in [3.05, 3.63) is 46.0 Å². The van der Waals surface area contributed by atoms with E-state index in [0.717, 1.165) is 5.56 Å². The lowest BCUT2D eigenvalue weighted by atomic mass is 10.1. The minimum atomic E-state index is -0.685. The molecule has 0 N–H and O–H groups in total. The Morgan fingerprint density at radius 1 is 1.39 bits per heavy atom. The van der Waals surface area contributed by atoms with Crippen LogP contribution in [0.1, 0.15) is 17.7 Å². The summed E-state index contributed by atoms with van der Waals surface area (Å²) in [5, 5.41) is 10.7. The summed E-state index contributed by atoms with van der Waals surface area (Å²) in [5.74, 6) is 0. The lowest BCUT2D eigenvalue weighted by molar-refractivity contribution is -0.518. The van der Waals surface area contributed by atoms with Crippen LogP contribution in [0.2, 0.25) is 0 Å². The van der Waals surface area contributed by atoms with Crippen molar-refractivity contribution in [2.45, 2.75) is 18.2 Å². The van der Waals surface area contributed by atoms with Crippen LogP contribution in [0.5, 0.6) is 0 Å². The van der Waals surface area contributed by atoms with E-state index in [0.29, 0.717) is 4.32 Å². The highest BCUT2D eigenvalue weighted by molar-refractivity contribution is 8.23. The van der Waals surface area contributed by atoms with Crippen molar-refractivity contribution < 1.29 is 4.92 Å². The Hall–Kier alpha value is -1.14. The number of hydrogen-bond donors (Lipinski definition) is 0. The maximum absolute atomic E-state index is 11.0. The van der Waals surface area contributed by atoms with E-state index in [2.05, 4.69) is 0 Å². The van der Waals surface area contributed by atoms with E-state index in [4.69, 9.17) is 12.2 Å². The highest BCUT2D eigenvalue weighted by Gasteiger charge is 2.30. The van der Waals surface area contributed by atoms with Crippen LogP contribution < -0.4 is 0 Å². The van der Waals surface area contributed by atoms with Gasteiger partial charge >= 0.3 is 0 Å². The van der Waals surface area contributed by atoms with Crippen molar-refractivity contribution in [3.8, 4) is 0 Å². The number of benzene rings is 1. The van der Waals surface area contributed by atoms with Gasteiger partial charge in [0, 0.05) is 25.9 Å². The molecule has 2 atom stereocenters. The Morgan fingerprint density at radius 3 is 2.39 bits per heavy atom. The average Bonchev–Trinajstić information content (AvgIpc) is 2.35. The van der Waals surface area contributed by atoms with Crippen molar-refractivity contribution in [1.29, 1.82) is 0 Å². The van der Waals surface area contributed by atoms with Crippen molar-refractivity contribution in [1.82, 2.24) is 4.90 Å². The van der Waals surface area contributed by atoms with Crippen molar-refractivity contribution in [2.24, 2.45) is 0 Å². The monoisotopic (exact) mass is 284 g/mol. The van der Waals surface area contributed by atoms with Gasteiger partial charge in [0.25, 0.3) is 0 Å². The number of hydrogen-bond acceptors (Lipinski definition) is 4. The summed E-state index contributed by atoms with van der Waals surface area (Å²) >= 11 is 6.58. The molecule has 98 valence electrons. The van der Waals surface area contributed by atoms with E-state index in [1.807, 2.05) is 44.4 Å². The molecule has 0 spiro atoms. The molecule has 0 heterocycles. The molecule has 0 saturated heterocycles. The third-order valence-corrected chi connectivity index (χ3v) is 4.63. The van der Waals surface area contributed by atoms with Gasteiger partial charge in [-0.05, 0) is 5.56 Å². The summed E-state index contributed by atoms with van der Waals surface area (Å²) in [6.07, 6.45) is 0. The minimum Gasteiger partial charge on any atom is -0.364 e. The predicted octanol–water partition coefficient (Wildman–Crippen LogP) is 2.97. The van der Waals surface area contributed by atoms with Crippen molar-refractivity contribution in [2.75, 3.05) is 14.1 Å². The molecule has 0 bridgehead atoms. The van der Waals surface area contributed by atoms with Gasteiger partial charge in [-0.15, -0.1) is 0 Å². The van der Waals surface area contributed by atoms with Crippen molar-refractivity contribution >= 4 is 28.3 Å². The van der Waals surface area contributed by atoms with E-state index in [9.17, 15) is 10.1 Å². The average molecular weight is 284 g/mol. The molecule has 1 aromatic rings. The lowest BCUT2D eigenvalue weighted by Crippen LogP contribution is -2.26. The minimum absolute atomic E-state index is 0.261. The van der Waals surface area contributed by atoms with E-state index in [1.165, 1.54) is 11.8 Å². The Morgan fingerprint density at radius 2 is 1.94 bits per heavy atom. The second kappa shape index (κ2) is 6.70. The summed E-state index contributed by atoms with van der Waals surface area (Å²) in [6.45, 7) is 1.61. The normalized spacial score (nSPS) is 13.7. The van der Waals surface area contributed by atoms with Crippen LogP contribution in [-0.4, -0.2) is 34.3 Å². The summed E-state index contributed by atoms with van der Waals surface area (Å²) in [5.41, 5.74) is 0.927. The summed E-state index contributed by atoms with van der Waals surface area (Å²) in [6, 6.07) is 8.77. The molecule has 18 heavy (non-hydrogen) atoms. The van der Waals surface area contributed by atoms with Crippen LogP contribution in [0.15, 0.2) is 30.3 Å². The van der Waals surface area contributed by atoms with Crippen LogP contribution >= 0.6 is 24.0 Å². The number of nitrogens with zero attached hydrogens (tertiary/aromatic N) is 2. The van der Waals surface area contributed by atoms with E-state index < -0.39 is 6.04 Å². The van der Waals surface area contributed by atoms with Crippen LogP contribution in [0.3, 0.4) is 0 Å². The first-order valence-electron chi connectivity index (χ1n) is 5.50. The second-order valence-corrected chi connectivity index (χ2v) is 5.91. The molecule has 0 amide bonds. The molecule has 0 saturated carbocycles. The van der Waals surface area contributed by atoms with Gasteiger partial charge in [-0.25, -0.2) is 0 Å². The molecular weight excluding hydrogens is 268 g/mol. The lowest BCUT2D eigenvalue weighted by Gasteiger charge is -2.21. The number of thiocarbonyl (C=S) groups is 1. The largest absolute Gasteiger partial charge is 0.364 e. The fourth-order valence-corrected chi connectivity index (χ4v) is 2.74. The highest BCUT2D eigenvalue weighted by Crippen LogP contribution is 2.34. The van der Waals surface area contributed by atoms with Gasteiger partial charge in [0.15, 0.2) is 0 Å². The SMILES string of the molecule is CC(C(SC(=S)N(C)C)c1ccccc1)[N+](=O)[O-]. The molecule has 0 aliphatic rings. The summed E-state index contributed by atoms with van der Waals surface area (Å²) < 4.78 is 0.651.